The Morgan fingerprint density at radius 3 is 2.58 bits per heavy atom. The second kappa shape index (κ2) is 9.50. The topological polar surface area (TPSA) is 70.4 Å². The summed E-state index contributed by atoms with van der Waals surface area (Å²) in [7, 11) is 0. The molecule has 1 aromatic heterocycles. The summed E-state index contributed by atoms with van der Waals surface area (Å²) in [6.07, 6.45) is 4.81. The highest BCUT2D eigenvalue weighted by Crippen LogP contribution is 2.16. The van der Waals surface area contributed by atoms with Gasteiger partial charge in [-0.1, -0.05) is 33.8 Å². The smallest absolute Gasteiger partial charge is 0.267 e. The average Bonchev–Trinajstić information content (AvgIpc) is 2.98. The van der Waals surface area contributed by atoms with Crippen LogP contribution in [0.15, 0.2) is 30.6 Å². The maximum Gasteiger partial charge on any atom is 0.267 e. The minimum absolute atomic E-state index is 0.550. The third-order valence-corrected chi connectivity index (χ3v) is 4.09. The Hall–Kier alpha value is -2.18. The van der Waals surface area contributed by atoms with Crippen LogP contribution in [0.3, 0.4) is 0 Å². The van der Waals surface area contributed by atoms with Crippen molar-refractivity contribution in [1.29, 1.82) is 0 Å². The Labute approximate surface area is 155 Å². The third kappa shape index (κ3) is 5.97. The van der Waals surface area contributed by atoms with E-state index in [1.807, 2.05) is 24.5 Å². The standard InChI is InChI=1S/C20H30N4O2/c1-15(2)12-23(13-16(3)4)9-10-24-14-21-18-11-17(5-7-19(18)24)6-8-20(25)22-26/h5-8,11,14-16,26H,9-10,12-13H2,1-4H3,(H,22,25). The molecule has 0 unspecified atom stereocenters. The van der Waals surface area contributed by atoms with Crippen molar-refractivity contribution in [2.75, 3.05) is 19.6 Å². The van der Waals surface area contributed by atoms with Crippen LogP contribution in [0, 0.1) is 11.8 Å². The number of hydroxylamine groups is 1. The van der Waals surface area contributed by atoms with Crippen LogP contribution in [-0.4, -0.2) is 45.2 Å². The Bertz CT molecular complexity index is 739. The molecule has 0 aliphatic rings. The highest BCUT2D eigenvalue weighted by molar-refractivity contribution is 5.91. The molecule has 0 saturated carbocycles. The number of nitrogens with zero attached hydrogens (tertiary/aromatic N) is 3. The van der Waals surface area contributed by atoms with Gasteiger partial charge < -0.3 is 9.47 Å². The molecular formula is C20H30N4O2. The monoisotopic (exact) mass is 358 g/mol. The zero-order valence-electron chi connectivity index (χ0n) is 16.1. The van der Waals surface area contributed by atoms with Crippen molar-refractivity contribution in [3.8, 4) is 0 Å². The Balaban J connectivity index is 2.08. The van der Waals surface area contributed by atoms with Crippen LogP contribution < -0.4 is 5.48 Å². The van der Waals surface area contributed by atoms with E-state index in [9.17, 15) is 4.79 Å². The van der Waals surface area contributed by atoms with E-state index in [1.165, 1.54) is 6.08 Å². The van der Waals surface area contributed by atoms with Gasteiger partial charge in [0.1, 0.15) is 0 Å². The van der Waals surface area contributed by atoms with Gasteiger partial charge in [-0.2, -0.15) is 0 Å². The van der Waals surface area contributed by atoms with Crippen molar-refractivity contribution in [2.24, 2.45) is 11.8 Å². The second-order valence-corrected chi connectivity index (χ2v) is 7.54. The van der Waals surface area contributed by atoms with Crippen LogP contribution in [0.25, 0.3) is 17.1 Å². The quantitative estimate of drug-likeness (QED) is 0.410. The van der Waals surface area contributed by atoms with Crippen molar-refractivity contribution in [3.05, 3.63) is 36.2 Å². The minimum Gasteiger partial charge on any atom is -0.329 e. The highest BCUT2D eigenvalue weighted by atomic mass is 16.5. The van der Waals surface area contributed by atoms with Crippen LogP contribution >= 0.6 is 0 Å². The maximum atomic E-state index is 11.1. The number of fused-ring (bicyclic) bond motifs is 1. The number of carbonyl (C=O) groups is 1. The summed E-state index contributed by atoms with van der Waals surface area (Å²) in [5, 5.41) is 8.53. The third-order valence-electron chi connectivity index (χ3n) is 4.09. The van der Waals surface area contributed by atoms with Gasteiger partial charge in [0.05, 0.1) is 17.4 Å². The number of hydrogen-bond acceptors (Lipinski definition) is 4. The largest absolute Gasteiger partial charge is 0.329 e. The summed E-state index contributed by atoms with van der Waals surface area (Å²) >= 11 is 0. The average molecular weight is 358 g/mol. The lowest BCUT2D eigenvalue weighted by atomic mass is 10.1. The number of benzene rings is 1. The van der Waals surface area contributed by atoms with E-state index < -0.39 is 5.91 Å². The van der Waals surface area contributed by atoms with E-state index in [0.29, 0.717) is 11.8 Å². The molecule has 0 bridgehead atoms. The first-order valence-electron chi connectivity index (χ1n) is 9.18. The molecule has 26 heavy (non-hydrogen) atoms. The molecule has 0 atom stereocenters. The van der Waals surface area contributed by atoms with Crippen LogP contribution in [0.5, 0.6) is 0 Å². The normalized spacial score (nSPS) is 12.2. The van der Waals surface area contributed by atoms with E-state index >= 15 is 0 Å². The van der Waals surface area contributed by atoms with Crippen LogP contribution in [0.2, 0.25) is 0 Å². The van der Waals surface area contributed by atoms with E-state index in [2.05, 4.69) is 42.1 Å². The summed E-state index contributed by atoms with van der Waals surface area (Å²) in [6.45, 7) is 13.1. The number of hydrogen-bond donors (Lipinski definition) is 2. The van der Waals surface area contributed by atoms with Gasteiger partial charge in [0.2, 0.25) is 0 Å². The van der Waals surface area contributed by atoms with Crippen LogP contribution in [0.4, 0.5) is 0 Å². The van der Waals surface area contributed by atoms with Gasteiger partial charge in [-0.25, -0.2) is 10.5 Å². The van der Waals surface area contributed by atoms with Crippen molar-refractivity contribution in [3.63, 3.8) is 0 Å². The number of rotatable bonds is 9. The summed E-state index contributed by atoms with van der Waals surface area (Å²) in [6, 6.07) is 5.91. The molecule has 0 spiro atoms. The fourth-order valence-corrected chi connectivity index (χ4v) is 3.11. The molecule has 0 fully saturated rings. The summed E-state index contributed by atoms with van der Waals surface area (Å²) in [4.78, 5) is 18.1. The number of imidazole rings is 1. The van der Waals surface area contributed by atoms with Crippen LogP contribution in [-0.2, 0) is 11.3 Å². The van der Waals surface area contributed by atoms with Gasteiger partial charge >= 0.3 is 0 Å². The van der Waals surface area contributed by atoms with Gasteiger partial charge in [-0.05, 0) is 35.6 Å². The first kappa shape index (κ1) is 20.1. The molecule has 2 aromatic rings. The molecular weight excluding hydrogens is 328 g/mol. The number of amides is 1. The fourth-order valence-electron chi connectivity index (χ4n) is 3.11. The summed E-state index contributed by atoms with van der Waals surface area (Å²) < 4.78 is 2.18. The van der Waals surface area contributed by atoms with Gasteiger partial charge in [-0.15, -0.1) is 0 Å². The summed E-state index contributed by atoms with van der Waals surface area (Å²) in [5.41, 5.74) is 4.43. The van der Waals surface area contributed by atoms with Crippen molar-refractivity contribution in [2.45, 2.75) is 34.2 Å². The molecule has 0 aliphatic carbocycles. The van der Waals surface area contributed by atoms with E-state index in [0.717, 1.165) is 42.8 Å². The molecule has 1 amide bonds. The second-order valence-electron chi connectivity index (χ2n) is 7.54. The van der Waals surface area contributed by atoms with Crippen molar-refractivity contribution < 1.29 is 10.0 Å². The molecule has 0 radical (unpaired) electrons. The van der Waals surface area contributed by atoms with Crippen molar-refractivity contribution in [1.82, 2.24) is 19.9 Å². The van der Waals surface area contributed by atoms with Gasteiger partial charge in [0.25, 0.3) is 5.91 Å². The predicted molar refractivity (Wildman–Crippen MR) is 105 cm³/mol. The first-order valence-corrected chi connectivity index (χ1v) is 9.18. The molecule has 1 aromatic carbocycles. The van der Waals surface area contributed by atoms with E-state index in [4.69, 9.17) is 5.21 Å². The first-order chi connectivity index (χ1) is 12.4. The number of carbonyl (C=O) groups excluding carboxylic acids is 1. The maximum absolute atomic E-state index is 11.1. The lowest BCUT2D eigenvalue weighted by Crippen LogP contribution is -2.34. The predicted octanol–water partition coefficient (Wildman–Crippen LogP) is 3.17. The molecule has 0 aliphatic heterocycles. The van der Waals surface area contributed by atoms with Gasteiger partial charge in [0.15, 0.2) is 0 Å². The Morgan fingerprint density at radius 2 is 1.96 bits per heavy atom. The molecule has 2 rings (SSSR count). The van der Waals surface area contributed by atoms with E-state index in [-0.39, 0.29) is 0 Å². The van der Waals surface area contributed by atoms with E-state index in [1.54, 1.807) is 11.6 Å². The lowest BCUT2D eigenvalue weighted by molar-refractivity contribution is -0.124. The molecule has 142 valence electrons. The minimum atomic E-state index is -0.550. The fraction of sp³-hybridized carbons (Fsp3) is 0.500. The van der Waals surface area contributed by atoms with Crippen molar-refractivity contribution >= 4 is 23.0 Å². The molecule has 6 heteroatoms. The SMILES string of the molecule is CC(C)CN(CCn1cnc2cc(C=CC(=O)NO)ccc21)CC(C)C. The van der Waals surface area contributed by atoms with Gasteiger partial charge in [0, 0.05) is 32.3 Å². The number of aromatic nitrogens is 2. The zero-order valence-corrected chi connectivity index (χ0v) is 16.1. The Morgan fingerprint density at radius 1 is 1.27 bits per heavy atom. The van der Waals surface area contributed by atoms with Crippen LogP contribution in [0.1, 0.15) is 33.3 Å². The Kier molecular flexibility index (Phi) is 7.36. The lowest BCUT2D eigenvalue weighted by Gasteiger charge is -2.26. The molecule has 0 saturated heterocycles. The molecule has 6 nitrogen and oxygen atoms in total. The highest BCUT2D eigenvalue weighted by Gasteiger charge is 2.11. The summed E-state index contributed by atoms with van der Waals surface area (Å²) in [5.74, 6) is 0.753. The van der Waals surface area contributed by atoms with Gasteiger partial charge in [-0.3, -0.25) is 10.0 Å². The zero-order chi connectivity index (χ0) is 19.1. The molecule has 1 heterocycles. The number of nitrogens with one attached hydrogen (secondary N) is 1. The molecule has 2 N–H and O–H groups in total.